The largest absolute Gasteiger partial charge is 0.346 e. The quantitative estimate of drug-likeness (QED) is 0.335. The van der Waals surface area contributed by atoms with E-state index < -0.39 is 0 Å². The lowest BCUT2D eigenvalue weighted by Gasteiger charge is -2.19. The third-order valence-corrected chi connectivity index (χ3v) is 4.56. The molecule has 0 fully saturated rings. The Hall–Kier alpha value is -0.860. The van der Waals surface area contributed by atoms with Gasteiger partial charge in [0.1, 0.15) is 5.78 Å². The van der Waals surface area contributed by atoms with Crippen molar-refractivity contribution in [2.75, 3.05) is 13.6 Å². The summed E-state index contributed by atoms with van der Waals surface area (Å²) >= 11 is 0. The van der Waals surface area contributed by atoms with Crippen LogP contribution >= 0.6 is 0 Å². The molecule has 3 heteroatoms. The fourth-order valence-corrected chi connectivity index (χ4v) is 3.03. The number of amides is 1. The summed E-state index contributed by atoms with van der Waals surface area (Å²) in [5.74, 6) is 1.25. The summed E-state index contributed by atoms with van der Waals surface area (Å²) in [7, 11) is 1.92. The molecular weight excluding hydrogens is 298 g/mol. The minimum atomic E-state index is 0.297. The zero-order valence-electron chi connectivity index (χ0n) is 16.7. The minimum Gasteiger partial charge on any atom is -0.346 e. The Labute approximate surface area is 150 Å². The van der Waals surface area contributed by atoms with Crippen LogP contribution in [0.2, 0.25) is 0 Å². The van der Waals surface area contributed by atoms with E-state index in [9.17, 15) is 9.59 Å². The first-order chi connectivity index (χ1) is 11.5. The standard InChI is InChI=1S/C21H41NO2/c1-5-20(23)16-14-12-10-8-6-7-9-11-13-15-17-21(24)22(4)18-19(2)3/h19H,5-18H2,1-4H3. The first-order valence-electron chi connectivity index (χ1n) is 10.2. The lowest BCUT2D eigenvalue weighted by atomic mass is 10.0. The molecule has 0 aromatic heterocycles. The highest BCUT2D eigenvalue weighted by molar-refractivity contribution is 5.77. The van der Waals surface area contributed by atoms with E-state index in [0.29, 0.717) is 30.4 Å². The topological polar surface area (TPSA) is 37.4 Å². The SMILES string of the molecule is CCC(=O)CCCCCCCCCCCCC(=O)N(C)CC(C)C. The number of unbranched alkanes of at least 4 members (excludes halogenated alkanes) is 9. The van der Waals surface area contributed by atoms with Crippen LogP contribution in [0, 0.1) is 5.92 Å². The van der Waals surface area contributed by atoms with Crippen LogP contribution in [0.3, 0.4) is 0 Å². The second-order valence-electron chi connectivity index (χ2n) is 7.60. The van der Waals surface area contributed by atoms with Crippen molar-refractivity contribution in [3.63, 3.8) is 0 Å². The van der Waals surface area contributed by atoms with Crippen molar-refractivity contribution in [1.29, 1.82) is 0 Å². The Balaban J connectivity index is 3.28. The maximum absolute atomic E-state index is 11.9. The molecule has 1 amide bonds. The van der Waals surface area contributed by atoms with E-state index in [1.807, 2.05) is 18.9 Å². The minimum absolute atomic E-state index is 0.297. The number of hydrogen-bond acceptors (Lipinski definition) is 2. The van der Waals surface area contributed by atoms with Crippen LogP contribution in [-0.4, -0.2) is 30.2 Å². The lowest BCUT2D eigenvalue weighted by Crippen LogP contribution is -2.29. The Morgan fingerprint density at radius 1 is 0.750 bits per heavy atom. The molecule has 0 aliphatic rings. The van der Waals surface area contributed by atoms with Gasteiger partial charge in [-0.05, 0) is 18.8 Å². The molecule has 3 nitrogen and oxygen atoms in total. The van der Waals surface area contributed by atoms with Crippen molar-refractivity contribution in [1.82, 2.24) is 4.90 Å². The van der Waals surface area contributed by atoms with Gasteiger partial charge in [0.25, 0.3) is 0 Å². The molecule has 0 N–H and O–H groups in total. The molecule has 0 aliphatic heterocycles. The maximum Gasteiger partial charge on any atom is 0.222 e. The first-order valence-corrected chi connectivity index (χ1v) is 10.2. The summed E-state index contributed by atoms with van der Waals surface area (Å²) in [4.78, 5) is 25.0. The fourth-order valence-electron chi connectivity index (χ4n) is 3.03. The zero-order valence-corrected chi connectivity index (χ0v) is 16.7. The summed E-state index contributed by atoms with van der Waals surface area (Å²) in [6.07, 6.45) is 14.4. The van der Waals surface area contributed by atoms with E-state index >= 15 is 0 Å². The van der Waals surface area contributed by atoms with Gasteiger partial charge in [0.15, 0.2) is 0 Å². The number of ketones is 1. The van der Waals surface area contributed by atoms with Gasteiger partial charge in [0.2, 0.25) is 5.91 Å². The molecular formula is C21H41NO2. The van der Waals surface area contributed by atoms with E-state index in [1.165, 1.54) is 51.4 Å². The molecule has 0 radical (unpaired) electrons. The predicted molar refractivity (Wildman–Crippen MR) is 103 cm³/mol. The summed E-state index contributed by atoms with van der Waals surface area (Å²) < 4.78 is 0. The molecule has 0 bridgehead atoms. The van der Waals surface area contributed by atoms with Gasteiger partial charge in [0.05, 0.1) is 0 Å². The molecule has 24 heavy (non-hydrogen) atoms. The van der Waals surface area contributed by atoms with E-state index in [0.717, 1.165) is 25.8 Å². The van der Waals surface area contributed by atoms with Gasteiger partial charge in [-0.25, -0.2) is 0 Å². The number of Topliss-reactive ketones (excluding diaryl/α,β-unsaturated/α-hetero) is 1. The van der Waals surface area contributed by atoms with Crippen molar-refractivity contribution in [3.8, 4) is 0 Å². The smallest absolute Gasteiger partial charge is 0.222 e. The fraction of sp³-hybridized carbons (Fsp3) is 0.905. The van der Waals surface area contributed by atoms with Crippen LogP contribution in [0.1, 0.15) is 104 Å². The average Bonchev–Trinajstić information content (AvgIpc) is 2.54. The Kier molecular flexibility index (Phi) is 15.1. The van der Waals surface area contributed by atoms with Gasteiger partial charge < -0.3 is 4.90 Å². The Morgan fingerprint density at radius 3 is 1.58 bits per heavy atom. The Bertz CT molecular complexity index is 326. The summed E-state index contributed by atoms with van der Waals surface area (Å²) in [5, 5.41) is 0. The Morgan fingerprint density at radius 2 is 1.17 bits per heavy atom. The van der Waals surface area contributed by atoms with Crippen LogP contribution in [0.15, 0.2) is 0 Å². The summed E-state index contributed by atoms with van der Waals surface area (Å²) in [6.45, 7) is 7.11. The van der Waals surface area contributed by atoms with Crippen LogP contribution in [-0.2, 0) is 9.59 Å². The van der Waals surface area contributed by atoms with Crippen LogP contribution in [0.25, 0.3) is 0 Å². The predicted octanol–water partition coefficient (Wildman–Crippen LogP) is 5.76. The lowest BCUT2D eigenvalue weighted by molar-refractivity contribution is -0.130. The molecule has 0 spiro atoms. The second-order valence-corrected chi connectivity index (χ2v) is 7.60. The molecule has 0 aromatic rings. The van der Waals surface area contributed by atoms with Crippen molar-refractivity contribution >= 4 is 11.7 Å². The monoisotopic (exact) mass is 339 g/mol. The molecule has 0 heterocycles. The number of hydrogen-bond donors (Lipinski definition) is 0. The molecule has 0 aliphatic carbocycles. The van der Waals surface area contributed by atoms with E-state index in [2.05, 4.69) is 13.8 Å². The van der Waals surface area contributed by atoms with Gasteiger partial charge in [-0.15, -0.1) is 0 Å². The van der Waals surface area contributed by atoms with Gasteiger partial charge in [-0.2, -0.15) is 0 Å². The molecule has 0 atom stereocenters. The second kappa shape index (κ2) is 15.7. The van der Waals surface area contributed by atoms with Crippen molar-refractivity contribution < 1.29 is 9.59 Å². The summed E-state index contributed by atoms with van der Waals surface area (Å²) in [6, 6.07) is 0. The van der Waals surface area contributed by atoms with Crippen molar-refractivity contribution in [3.05, 3.63) is 0 Å². The maximum atomic E-state index is 11.9. The van der Waals surface area contributed by atoms with E-state index in [-0.39, 0.29) is 0 Å². The van der Waals surface area contributed by atoms with E-state index in [4.69, 9.17) is 0 Å². The van der Waals surface area contributed by atoms with Gasteiger partial charge in [0, 0.05) is 32.9 Å². The third-order valence-electron chi connectivity index (χ3n) is 4.56. The molecule has 0 saturated carbocycles. The highest BCUT2D eigenvalue weighted by Gasteiger charge is 2.09. The number of carbonyl (C=O) groups is 2. The average molecular weight is 340 g/mol. The van der Waals surface area contributed by atoms with Crippen molar-refractivity contribution in [2.24, 2.45) is 5.92 Å². The third kappa shape index (κ3) is 14.7. The first kappa shape index (κ1) is 23.1. The van der Waals surface area contributed by atoms with E-state index in [1.54, 1.807) is 0 Å². The number of nitrogens with zero attached hydrogens (tertiary/aromatic N) is 1. The number of carbonyl (C=O) groups excluding carboxylic acids is 2. The van der Waals surface area contributed by atoms with Crippen LogP contribution < -0.4 is 0 Å². The molecule has 142 valence electrons. The van der Waals surface area contributed by atoms with Gasteiger partial charge in [-0.1, -0.05) is 72.1 Å². The molecule has 0 unspecified atom stereocenters. The highest BCUT2D eigenvalue weighted by atomic mass is 16.2. The number of rotatable bonds is 16. The molecule has 0 rings (SSSR count). The van der Waals surface area contributed by atoms with Crippen LogP contribution in [0.5, 0.6) is 0 Å². The van der Waals surface area contributed by atoms with Gasteiger partial charge >= 0.3 is 0 Å². The normalized spacial score (nSPS) is 11.0. The zero-order chi connectivity index (χ0) is 18.2. The molecule has 0 aromatic carbocycles. The van der Waals surface area contributed by atoms with Gasteiger partial charge in [-0.3, -0.25) is 9.59 Å². The molecule has 0 saturated heterocycles. The summed E-state index contributed by atoms with van der Waals surface area (Å²) in [5.41, 5.74) is 0. The van der Waals surface area contributed by atoms with Crippen LogP contribution in [0.4, 0.5) is 0 Å². The van der Waals surface area contributed by atoms with Crippen molar-refractivity contribution in [2.45, 2.75) is 104 Å². The highest BCUT2D eigenvalue weighted by Crippen LogP contribution is 2.13.